The molecule has 4 N–H and O–H groups in total. The second kappa shape index (κ2) is 2.46. The summed E-state index contributed by atoms with van der Waals surface area (Å²) in [6, 6.07) is 1.74. The van der Waals surface area contributed by atoms with Gasteiger partial charge in [-0.1, -0.05) is 0 Å². The third-order valence-electron chi connectivity index (χ3n) is 1.67. The second-order valence-corrected chi connectivity index (χ2v) is 2.47. The summed E-state index contributed by atoms with van der Waals surface area (Å²) >= 11 is 0. The molecule has 0 saturated heterocycles. The van der Waals surface area contributed by atoms with Gasteiger partial charge in [-0.25, -0.2) is 9.97 Å². The van der Waals surface area contributed by atoms with Gasteiger partial charge in [0, 0.05) is 25.0 Å². The molecule has 0 spiro atoms. The fraction of sp³-hybridized carbons (Fsp3) is 0.143. The number of nitrogen functional groups attached to an aromatic ring is 1. The molecule has 0 bridgehead atoms. The van der Waals surface area contributed by atoms with Crippen LogP contribution in [0.15, 0.2) is 18.5 Å². The van der Waals surface area contributed by atoms with E-state index in [4.69, 9.17) is 11.5 Å². The van der Waals surface area contributed by atoms with Crippen molar-refractivity contribution in [3.8, 4) is 0 Å². The van der Waals surface area contributed by atoms with Gasteiger partial charge in [-0.2, -0.15) is 0 Å². The Kier molecular flexibility index (Phi) is 1.44. The van der Waals surface area contributed by atoms with Crippen molar-refractivity contribution in [1.82, 2.24) is 14.4 Å². The van der Waals surface area contributed by atoms with Crippen LogP contribution in [0.4, 0.5) is 5.82 Å². The summed E-state index contributed by atoms with van der Waals surface area (Å²) in [6.07, 6.45) is 3.41. The minimum atomic E-state index is 0.383. The first-order chi connectivity index (χ1) is 5.81. The van der Waals surface area contributed by atoms with Crippen molar-refractivity contribution in [2.75, 3.05) is 5.73 Å². The van der Waals surface area contributed by atoms with Gasteiger partial charge >= 0.3 is 0 Å². The molecule has 0 aliphatic heterocycles. The van der Waals surface area contributed by atoms with Gasteiger partial charge in [-0.3, -0.25) is 4.40 Å². The molecule has 0 aliphatic rings. The zero-order chi connectivity index (χ0) is 8.55. The highest BCUT2D eigenvalue weighted by Gasteiger charge is 2.00. The fourth-order valence-corrected chi connectivity index (χ4v) is 1.09. The lowest BCUT2D eigenvalue weighted by atomic mass is 10.4. The van der Waals surface area contributed by atoms with Crippen LogP contribution in [0.5, 0.6) is 0 Å². The molecular weight excluding hydrogens is 154 g/mol. The standard InChI is InChI=1S/C7H9N5/c8-4-5-3-6(9)12-2-1-10-7(12)11-5/h1-3H,4,8-9H2. The van der Waals surface area contributed by atoms with Crippen LogP contribution in [-0.2, 0) is 6.54 Å². The number of anilines is 1. The molecule has 0 aromatic carbocycles. The van der Waals surface area contributed by atoms with Crippen molar-refractivity contribution in [3.05, 3.63) is 24.2 Å². The van der Waals surface area contributed by atoms with E-state index in [1.54, 1.807) is 22.9 Å². The maximum absolute atomic E-state index is 5.70. The largest absolute Gasteiger partial charge is 0.385 e. The Morgan fingerprint density at radius 3 is 3.08 bits per heavy atom. The van der Waals surface area contributed by atoms with E-state index in [-0.39, 0.29) is 0 Å². The van der Waals surface area contributed by atoms with Crippen molar-refractivity contribution >= 4 is 11.6 Å². The number of aromatic nitrogens is 3. The van der Waals surface area contributed by atoms with Crippen LogP contribution >= 0.6 is 0 Å². The Hall–Kier alpha value is -1.62. The third kappa shape index (κ3) is 0.911. The monoisotopic (exact) mass is 163 g/mol. The van der Waals surface area contributed by atoms with E-state index in [0.717, 1.165) is 5.69 Å². The Bertz CT molecular complexity index is 405. The second-order valence-electron chi connectivity index (χ2n) is 2.47. The van der Waals surface area contributed by atoms with E-state index in [0.29, 0.717) is 18.1 Å². The Labute approximate surface area is 69.0 Å². The highest BCUT2D eigenvalue weighted by molar-refractivity contribution is 5.42. The molecule has 2 aromatic heterocycles. The van der Waals surface area contributed by atoms with Gasteiger partial charge in [0.25, 0.3) is 0 Å². The molecule has 0 amide bonds. The minimum absolute atomic E-state index is 0.383. The molecule has 2 rings (SSSR count). The van der Waals surface area contributed by atoms with Gasteiger partial charge in [0.2, 0.25) is 5.78 Å². The van der Waals surface area contributed by atoms with Crippen LogP contribution in [-0.4, -0.2) is 14.4 Å². The molecule has 0 atom stereocenters. The summed E-state index contributed by atoms with van der Waals surface area (Å²) in [5.74, 6) is 1.20. The summed E-state index contributed by atoms with van der Waals surface area (Å²) in [4.78, 5) is 8.17. The average molecular weight is 163 g/mol. The zero-order valence-electron chi connectivity index (χ0n) is 6.44. The van der Waals surface area contributed by atoms with Crippen molar-refractivity contribution in [2.24, 2.45) is 5.73 Å². The van der Waals surface area contributed by atoms with E-state index in [2.05, 4.69) is 9.97 Å². The third-order valence-corrected chi connectivity index (χ3v) is 1.67. The van der Waals surface area contributed by atoms with Crippen LogP contribution < -0.4 is 11.5 Å². The molecule has 12 heavy (non-hydrogen) atoms. The van der Waals surface area contributed by atoms with Crippen molar-refractivity contribution < 1.29 is 0 Å². The van der Waals surface area contributed by atoms with E-state index < -0.39 is 0 Å². The molecular formula is C7H9N5. The topological polar surface area (TPSA) is 82.2 Å². The van der Waals surface area contributed by atoms with Crippen LogP contribution in [0.25, 0.3) is 5.78 Å². The lowest BCUT2D eigenvalue weighted by molar-refractivity contribution is 0.967. The number of nitrogens with zero attached hydrogens (tertiary/aromatic N) is 3. The van der Waals surface area contributed by atoms with Crippen molar-refractivity contribution in [3.63, 3.8) is 0 Å². The SMILES string of the molecule is NCc1cc(N)n2ccnc2n1. The Morgan fingerprint density at radius 1 is 1.50 bits per heavy atom. The summed E-state index contributed by atoms with van der Waals surface area (Å²) in [5, 5.41) is 0. The van der Waals surface area contributed by atoms with Crippen molar-refractivity contribution in [1.29, 1.82) is 0 Å². The summed E-state index contributed by atoms with van der Waals surface area (Å²) in [7, 11) is 0. The molecule has 2 heterocycles. The maximum Gasteiger partial charge on any atom is 0.235 e. The summed E-state index contributed by atoms with van der Waals surface area (Å²) in [5.41, 5.74) is 11.9. The molecule has 0 radical (unpaired) electrons. The predicted molar refractivity (Wildman–Crippen MR) is 45.3 cm³/mol. The number of rotatable bonds is 1. The number of hydrogen-bond donors (Lipinski definition) is 2. The first-order valence-electron chi connectivity index (χ1n) is 3.60. The summed E-state index contributed by atoms with van der Waals surface area (Å²) < 4.78 is 1.71. The lowest BCUT2D eigenvalue weighted by Gasteiger charge is -2.00. The van der Waals surface area contributed by atoms with Gasteiger partial charge in [0.05, 0.1) is 5.69 Å². The molecule has 0 aliphatic carbocycles. The lowest BCUT2D eigenvalue weighted by Crippen LogP contribution is -2.05. The highest BCUT2D eigenvalue weighted by atomic mass is 15.1. The van der Waals surface area contributed by atoms with Crippen LogP contribution in [0.2, 0.25) is 0 Å². The van der Waals surface area contributed by atoms with Gasteiger partial charge in [-0.05, 0) is 0 Å². The molecule has 0 saturated carbocycles. The van der Waals surface area contributed by atoms with Crippen LogP contribution in [0.3, 0.4) is 0 Å². The molecule has 0 fully saturated rings. The van der Waals surface area contributed by atoms with Crippen LogP contribution in [0.1, 0.15) is 5.69 Å². The van der Waals surface area contributed by atoms with Gasteiger partial charge in [-0.15, -0.1) is 0 Å². The number of nitrogens with two attached hydrogens (primary N) is 2. The predicted octanol–water partition coefficient (Wildman–Crippen LogP) is -0.230. The molecule has 2 aromatic rings. The van der Waals surface area contributed by atoms with E-state index in [1.807, 2.05) is 0 Å². The maximum atomic E-state index is 5.70. The first-order valence-corrected chi connectivity index (χ1v) is 3.60. The van der Waals surface area contributed by atoms with Gasteiger partial charge < -0.3 is 11.5 Å². The van der Waals surface area contributed by atoms with Gasteiger partial charge in [0.1, 0.15) is 5.82 Å². The Morgan fingerprint density at radius 2 is 2.33 bits per heavy atom. The quantitative estimate of drug-likeness (QED) is 0.608. The zero-order valence-corrected chi connectivity index (χ0v) is 6.44. The van der Waals surface area contributed by atoms with E-state index in [1.165, 1.54) is 0 Å². The van der Waals surface area contributed by atoms with Crippen LogP contribution in [0, 0.1) is 0 Å². The number of imidazole rings is 1. The highest BCUT2D eigenvalue weighted by Crippen LogP contribution is 2.07. The number of fused-ring (bicyclic) bond motifs is 1. The number of hydrogen-bond acceptors (Lipinski definition) is 4. The molecule has 5 heteroatoms. The normalized spacial score (nSPS) is 10.8. The first kappa shape index (κ1) is 7.05. The summed E-state index contributed by atoms with van der Waals surface area (Å²) in [6.45, 7) is 0.383. The Balaban J connectivity index is 2.75. The van der Waals surface area contributed by atoms with E-state index >= 15 is 0 Å². The average Bonchev–Trinajstić information content (AvgIpc) is 2.52. The smallest absolute Gasteiger partial charge is 0.235 e. The van der Waals surface area contributed by atoms with Gasteiger partial charge in [0.15, 0.2) is 0 Å². The fourth-order valence-electron chi connectivity index (χ4n) is 1.09. The molecule has 5 nitrogen and oxygen atoms in total. The van der Waals surface area contributed by atoms with Crippen molar-refractivity contribution in [2.45, 2.75) is 6.54 Å². The minimum Gasteiger partial charge on any atom is -0.385 e. The molecule has 0 unspecified atom stereocenters. The van der Waals surface area contributed by atoms with E-state index in [9.17, 15) is 0 Å². The molecule has 62 valence electrons.